The van der Waals surface area contributed by atoms with E-state index in [1.165, 1.54) is 12.1 Å². The van der Waals surface area contributed by atoms with Crippen molar-refractivity contribution in [3.05, 3.63) is 76.9 Å². The zero-order valence-corrected chi connectivity index (χ0v) is 21.6. The van der Waals surface area contributed by atoms with Crippen LogP contribution in [0.25, 0.3) is 22.2 Å². The highest BCUT2D eigenvalue weighted by Gasteiger charge is 2.19. The van der Waals surface area contributed by atoms with E-state index in [0.29, 0.717) is 17.9 Å². The Morgan fingerprint density at radius 1 is 0.946 bits per heavy atom. The summed E-state index contributed by atoms with van der Waals surface area (Å²) >= 11 is 0. The minimum Gasteiger partial charge on any atom is -0.321 e. The van der Waals surface area contributed by atoms with Gasteiger partial charge < -0.3 is 5.32 Å². The number of aryl methyl sites for hydroxylation is 3. The minimum absolute atomic E-state index is 0.00332. The van der Waals surface area contributed by atoms with Crippen molar-refractivity contribution in [2.45, 2.75) is 54.3 Å². The first kappa shape index (κ1) is 24.4. The van der Waals surface area contributed by atoms with Crippen molar-refractivity contribution in [2.24, 2.45) is 0 Å². The number of rotatable bonds is 7. The molecular weight excluding hydrogens is 471 g/mol. The van der Waals surface area contributed by atoms with Gasteiger partial charge in [-0.2, -0.15) is 15.3 Å². The lowest BCUT2D eigenvalue weighted by molar-refractivity contribution is -0.116. The molecule has 0 atom stereocenters. The average Bonchev–Trinajstić information content (AvgIpc) is 3.48. The van der Waals surface area contributed by atoms with Gasteiger partial charge in [-0.3, -0.25) is 14.2 Å². The zero-order valence-electron chi connectivity index (χ0n) is 21.6. The van der Waals surface area contributed by atoms with Gasteiger partial charge in [-0.15, -0.1) is 0 Å². The van der Waals surface area contributed by atoms with Crippen molar-refractivity contribution in [1.29, 1.82) is 0 Å². The first-order valence-electron chi connectivity index (χ1n) is 12.2. The first-order chi connectivity index (χ1) is 17.8. The number of nitrogens with zero attached hydrogens (tertiary/aromatic N) is 7. The number of carbonyl (C=O) groups excluding carboxylic acids is 1. The third-order valence-electron chi connectivity index (χ3n) is 6.73. The maximum absolute atomic E-state index is 13.4. The molecule has 0 aliphatic carbocycles. The lowest BCUT2D eigenvalue weighted by Crippen LogP contribution is -2.20. The van der Waals surface area contributed by atoms with Crippen molar-refractivity contribution >= 4 is 22.6 Å². The summed E-state index contributed by atoms with van der Waals surface area (Å²) in [5.74, 6) is -0.516. The van der Waals surface area contributed by atoms with Crippen LogP contribution in [-0.4, -0.2) is 40.2 Å². The largest absolute Gasteiger partial charge is 0.321 e. The van der Waals surface area contributed by atoms with E-state index < -0.39 is 0 Å². The van der Waals surface area contributed by atoms with Crippen molar-refractivity contribution in [2.75, 3.05) is 5.32 Å². The number of pyridine rings is 1. The summed E-state index contributed by atoms with van der Waals surface area (Å²) in [7, 11) is 0. The van der Waals surface area contributed by atoms with E-state index in [2.05, 4.69) is 32.5 Å². The minimum atomic E-state index is -0.293. The van der Waals surface area contributed by atoms with Gasteiger partial charge in [0.05, 0.1) is 35.5 Å². The van der Waals surface area contributed by atoms with Crippen molar-refractivity contribution in [3.63, 3.8) is 0 Å². The van der Waals surface area contributed by atoms with Crippen molar-refractivity contribution in [1.82, 2.24) is 34.3 Å². The van der Waals surface area contributed by atoms with E-state index in [0.717, 1.165) is 51.4 Å². The number of benzene rings is 1. The standard InChI is InChI=1S/C27H29FN8O/c1-6-34-18(4)21(13-30-34)14-35-19(5)26(17(3)33-35)31-24(37)15-36-27-25(16(2)32-36)23(11-12-29-27)20-7-9-22(28)10-8-20/h7-13H,6,14-15H2,1-5H3,(H,31,37). The Morgan fingerprint density at radius 3 is 2.38 bits per heavy atom. The molecule has 0 aliphatic rings. The molecule has 37 heavy (non-hydrogen) atoms. The number of aromatic nitrogens is 7. The quantitative estimate of drug-likeness (QED) is 0.353. The smallest absolute Gasteiger partial charge is 0.246 e. The summed E-state index contributed by atoms with van der Waals surface area (Å²) in [5.41, 5.74) is 7.60. The van der Waals surface area contributed by atoms with Gasteiger partial charge in [0.25, 0.3) is 0 Å². The molecule has 4 heterocycles. The molecule has 4 aromatic heterocycles. The van der Waals surface area contributed by atoms with E-state index >= 15 is 0 Å². The lowest BCUT2D eigenvalue weighted by Gasteiger charge is -2.08. The predicted molar refractivity (Wildman–Crippen MR) is 140 cm³/mol. The highest BCUT2D eigenvalue weighted by molar-refractivity contribution is 5.96. The Kier molecular flexibility index (Phi) is 6.32. The molecule has 9 nitrogen and oxygen atoms in total. The molecule has 0 spiro atoms. The highest BCUT2D eigenvalue weighted by Crippen LogP contribution is 2.30. The monoisotopic (exact) mass is 500 g/mol. The summed E-state index contributed by atoms with van der Waals surface area (Å²) < 4.78 is 18.9. The van der Waals surface area contributed by atoms with Crippen LogP contribution in [0, 0.1) is 33.5 Å². The van der Waals surface area contributed by atoms with E-state index in [-0.39, 0.29) is 18.3 Å². The van der Waals surface area contributed by atoms with E-state index in [1.54, 1.807) is 23.0 Å². The molecule has 0 aliphatic heterocycles. The molecule has 0 unspecified atom stereocenters. The number of nitrogens with one attached hydrogen (secondary N) is 1. The van der Waals surface area contributed by atoms with E-state index in [1.807, 2.05) is 49.3 Å². The zero-order chi connectivity index (χ0) is 26.3. The molecule has 5 rings (SSSR count). The molecule has 190 valence electrons. The van der Waals surface area contributed by atoms with Gasteiger partial charge >= 0.3 is 0 Å². The van der Waals surface area contributed by atoms with Gasteiger partial charge in [-0.05, 0) is 63.9 Å². The summed E-state index contributed by atoms with van der Waals surface area (Å²) in [4.78, 5) is 17.6. The van der Waals surface area contributed by atoms with Gasteiger partial charge in [-0.25, -0.2) is 14.1 Å². The molecule has 0 saturated heterocycles. The third kappa shape index (κ3) is 4.50. The van der Waals surface area contributed by atoms with Gasteiger partial charge in [0.1, 0.15) is 12.4 Å². The lowest BCUT2D eigenvalue weighted by atomic mass is 10.0. The Balaban J connectivity index is 1.38. The van der Waals surface area contributed by atoms with Crippen LogP contribution in [0.4, 0.5) is 10.1 Å². The fraction of sp³-hybridized carbons (Fsp3) is 0.296. The van der Waals surface area contributed by atoms with Crippen LogP contribution in [0.15, 0.2) is 42.7 Å². The number of hydrogen-bond acceptors (Lipinski definition) is 5. The predicted octanol–water partition coefficient (Wildman–Crippen LogP) is 4.57. The molecule has 1 aromatic carbocycles. The molecule has 0 saturated carbocycles. The van der Waals surface area contributed by atoms with Crippen LogP contribution in [0.3, 0.4) is 0 Å². The second-order valence-corrected chi connectivity index (χ2v) is 9.13. The molecule has 1 N–H and O–H groups in total. The van der Waals surface area contributed by atoms with Crippen LogP contribution < -0.4 is 5.32 Å². The number of halogens is 1. The number of amides is 1. The molecule has 10 heteroatoms. The van der Waals surface area contributed by atoms with E-state index in [9.17, 15) is 9.18 Å². The van der Waals surface area contributed by atoms with Crippen LogP contribution in [0.2, 0.25) is 0 Å². The number of carbonyl (C=O) groups is 1. The number of fused-ring (bicyclic) bond motifs is 1. The summed E-state index contributed by atoms with van der Waals surface area (Å²) in [6.07, 6.45) is 3.55. The fourth-order valence-corrected chi connectivity index (χ4v) is 4.73. The van der Waals surface area contributed by atoms with Gasteiger partial charge in [-0.1, -0.05) is 12.1 Å². The van der Waals surface area contributed by atoms with Crippen molar-refractivity contribution < 1.29 is 9.18 Å². The highest BCUT2D eigenvalue weighted by atomic mass is 19.1. The molecule has 0 radical (unpaired) electrons. The van der Waals surface area contributed by atoms with Gasteiger partial charge in [0, 0.05) is 29.4 Å². The molecule has 0 fully saturated rings. The fourth-order valence-electron chi connectivity index (χ4n) is 4.73. The summed E-state index contributed by atoms with van der Waals surface area (Å²) in [5, 5.41) is 17.5. The van der Waals surface area contributed by atoms with Crippen LogP contribution in [0.1, 0.15) is 35.3 Å². The van der Waals surface area contributed by atoms with E-state index in [4.69, 9.17) is 0 Å². The maximum atomic E-state index is 13.4. The SMILES string of the molecule is CCn1ncc(Cn2nc(C)c(NC(=O)Cn3nc(C)c4c(-c5ccc(F)cc5)ccnc43)c2C)c1C. The molecule has 5 aromatic rings. The normalized spacial score (nSPS) is 11.4. The van der Waals surface area contributed by atoms with Crippen LogP contribution in [-0.2, 0) is 24.4 Å². The Hall–Kier alpha value is -4.34. The number of anilines is 1. The second-order valence-electron chi connectivity index (χ2n) is 9.13. The molecular formula is C27H29FN8O. The molecule has 0 bridgehead atoms. The topological polar surface area (TPSA) is 95.5 Å². The number of hydrogen-bond donors (Lipinski definition) is 1. The van der Waals surface area contributed by atoms with Crippen molar-refractivity contribution in [3.8, 4) is 11.1 Å². The van der Waals surface area contributed by atoms with Crippen LogP contribution >= 0.6 is 0 Å². The Bertz CT molecular complexity index is 1610. The second kappa shape index (κ2) is 9.61. The summed E-state index contributed by atoms with van der Waals surface area (Å²) in [6.45, 7) is 11.2. The first-order valence-corrected chi connectivity index (χ1v) is 12.2. The maximum Gasteiger partial charge on any atom is 0.246 e. The third-order valence-corrected chi connectivity index (χ3v) is 6.73. The van der Waals surface area contributed by atoms with Gasteiger partial charge in [0.15, 0.2) is 5.65 Å². The molecule has 1 amide bonds. The average molecular weight is 501 g/mol. The van der Waals surface area contributed by atoms with Crippen LogP contribution in [0.5, 0.6) is 0 Å². The Morgan fingerprint density at radius 2 is 1.68 bits per heavy atom. The Labute approximate surface area is 213 Å². The summed E-state index contributed by atoms with van der Waals surface area (Å²) in [6, 6.07) is 8.19. The van der Waals surface area contributed by atoms with Gasteiger partial charge in [0.2, 0.25) is 5.91 Å².